The molecule has 2 heterocycles. The van der Waals surface area contributed by atoms with Gasteiger partial charge in [0, 0.05) is 25.8 Å². The number of likely N-dealkylation sites (tertiary alicyclic amines) is 1. The van der Waals surface area contributed by atoms with Crippen LogP contribution in [0.1, 0.15) is 58.8 Å². The number of hydrogen-bond donors (Lipinski definition) is 1. The highest BCUT2D eigenvalue weighted by atomic mass is 16.5. The molecular weight excluding hydrogens is 390 g/mol. The number of hydrogen-bond acceptors (Lipinski definition) is 6. The molecule has 0 bridgehead atoms. The van der Waals surface area contributed by atoms with Crippen LogP contribution >= 0.6 is 0 Å². The van der Waals surface area contributed by atoms with Crippen LogP contribution in [-0.4, -0.2) is 78.9 Å². The van der Waals surface area contributed by atoms with Gasteiger partial charge in [0.25, 0.3) is 5.91 Å². The molecule has 9 nitrogen and oxygen atoms in total. The number of nitrogens with zero attached hydrogens (tertiary/aromatic N) is 2. The Morgan fingerprint density at radius 3 is 2.53 bits per heavy atom. The molecule has 1 aliphatic heterocycles. The first-order chi connectivity index (χ1) is 14.2. The van der Waals surface area contributed by atoms with E-state index in [2.05, 4.69) is 4.98 Å². The average Bonchev–Trinajstić information content (AvgIpc) is 3.08. The minimum atomic E-state index is -0.503. The summed E-state index contributed by atoms with van der Waals surface area (Å²) in [5.41, 5.74) is 1.75. The summed E-state index contributed by atoms with van der Waals surface area (Å²) in [7, 11) is 2.83. The number of ether oxygens (including phenoxy) is 2. The number of aryl methyl sites for hydroxylation is 1. The second-order valence-corrected chi connectivity index (χ2v) is 7.42. The number of piperidine rings is 1. The Hall–Kier alpha value is -2.84. The highest BCUT2D eigenvalue weighted by Gasteiger charge is 2.31. The Labute approximate surface area is 176 Å². The summed E-state index contributed by atoms with van der Waals surface area (Å²) in [5.74, 6) is -1.73. The number of nitrogens with one attached hydrogen (secondary N) is 1. The number of carbonyl (C=O) groups is 4. The second-order valence-electron chi connectivity index (χ2n) is 7.42. The number of esters is 2. The van der Waals surface area contributed by atoms with Crippen LogP contribution in [-0.2, 0) is 25.5 Å². The van der Waals surface area contributed by atoms with Gasteiger partial charge >= 0.3 is 11.9 Å². The molecule has 1 aromatic heterocycles. The van der Waals surface area contributed by atoms with Crippen molar-refractivity contribution in [1.29, 1.82) is 0 Å². The highest BCUT2D eigenvalue weighted by molar-refractivity contribution is 6.01. The van der Waals surface area contributed by atoms with Crippen molar-refractivity contribution in [2.75, 3.05) is 40.4 Å². The van der Waals surface area contributed by atoms with Crippen LogP contribution < -0.4 is 0 Å². The van der Waals surface area contributed by atoms with Crippen molar-refractivity contribution in [3.8, 4) is 0 Å². The molecular formula is C21H31N3O6. The summed E-state index contributed by atoms with van der Waals surface area (Å²) >= 11 is 0. The summed E-state index contributed by atoms with van der Waals surface area (Å²) in [6.07, 6.45) is 1.93. The molecule has 0 spiro atoms. The Bertz CT molecular complexity index is 816. The fraction of sp³-hybridized carbons (Fsp3) is 0.619. The number of aromatic amines is 1. The Morgan fingerprint density at radius 2 is 1.93 bits per heavy atom. The lowest BCUT2D eigenvalue weighted by molar-refractivity contribution is -0.151. The van der Waals surface area contributed by atoms with Gasteiger partial charge in [0.1, 0.15) is 5.69 Å². The van der Waals surface area contributed by atoms with Gasteiger partial charge in [-0.05, 0) is 38.7 Å². The molecule has 1 aliphatic rings. The van der Waals surface area contributed by atoms with Crippen LogP contribution in [0.15, 0.2) is 0 Å². The number of carbonyl (C=O) groups excluding carboxylic acids is 4. The molecule has 166 valence electrons. The lowest BCUT2D eigenvalue weighted by Gasteiger charge is -2.32. The van der Waals surface area contributed by atoms with Crippen molar-refractivity contribution < 1.29 is 28.7 Å². The van der Waals surface area contributed by atoms with Crippen molar-refractivity contribution in [3.63, 3.8) is 0 Å². The van der Waals surface area contributed by atoms with Crippen molar-refractivity contribution in [3.05, 3.63) is 22.5 Å². The Balaban J connectivity index is 2.08. The first-order valence-corrected chi connectivity index (χ1v) is 10.2. The predicted octanol–water partition coefficient (Wildman–Crippen LogP) is 1.55. The van der Waals surface area contributed by atoms with Gasteiger partial charge < -0.3 is 24.3 Å². The minimum absolute atomic E-state index is 0.123. The van der Waals surface area contributed by atoms with E-state index in [9.17, 15) is 19.2 Å². The molecule has 1 saturated heterocycles. The summed E-state index contributed by atoms with van der Waals surface area (Å²) in [6.45, 7) is 6.33. The van der Waals surface area contributed by atoms with Gasteiger partial charge in [-0.2, -0.15) is 0 Å². The van der Waals surface area contributed by atoms with Crippen LogP contribution in [0.4, 0.5) is 0 Å². The zero-order valence-corrected chi connectivity index (χ0v) is 18.4. The first-order valence-electron chi connectivity index (χ1n) is 10.2. The monoisotopic (exact) mass is 421 g/mol. The van der Waals surface area contributed by atoms with Crippen molar-refractivity contribution in [1.82, 2.24) is 14.8 Å². The van der Waals surface area contributed by atoms with Crippen LogP contribution in [0.3, 0.4) is 0 Å². The van der Waals surface area contributed by atoms with Crippen molar-refractivity contribution in [2.24, 2.45) is 5.92 Å². The number of aromatic nitrogens is 1. The summed E-state index contributed by atoms with van der Waals surface area (Å²) in [4.78, 5) is 55.7. The van der Waals surface area contributed by atoms with E-state index in [4.69, 9.17) is 9.47 Å². The molecule has 2 amide bonds. The summed E-state index contributed by atoms with van der Waals surface area (Å²) in [5, 5.41) is 0. The SMILES string of the molecule is CCOC(=O)C1CCCN(C(=O)CN(C)C(=O)c2[nH]c(CC)c(C(=O)OC)c2C)C1. The largest absolute Gasteiger partial charge is 0.466 e. The fourth-order valence-electron chi connectivity index (χ4n) is 3.74. The third-order valence-electron chi connectivity index (χ3n) is 5.40. The van der Waals surface area contributed by atoms with Crippen LogP contribution in [0, 0.1) is 12.8 Å². The molecule has 9 heteroatoms. The van der Waals surface area contributed by atoms with Crippen LogP contribution in [0.5, 0.6) is 0 Å². The lowest BCUT2D eigenvalue weighted by Crippen LogP contribution is -2.47. The zero-order valence-electron chi connectivity index (χ0n) is 18.4. The first kappa shape index (κ1) is 23.4. The molecule has 30 heavy (non-hydrogen) atoms. The van der Waals surface area contributed by atoms with E-state index < -0.39 is 5.97 Å². The van der Waals surface area contributed by atoms with E-state index in [1.54, 1.807) is 18.7 Å². The maximum Gasteiger partial charge on any atom is 0.339 e. The number of H-pyrrole nitrogens is 1. The number of methoxy groups -OCH3 is 1. The summed E-state index contributed by atoms with van der Waals surface area (Å²) < 4.78 is 9.89. The van der Waals surface area contributed by atoms with Gasteiger partial charge in [0.05, 0.1) is 31.7 Å². The van der Waals surface area contributed by atoms with Gasteiger partial charge in [-0.3, -0.25) is 14.4 Å². The van der Waals surface area contributed by atoms with Gasteiger partial charge in [-0.1, -0.05) is 6.92 Å². The molecule has 0 saturated carbocycles. The lowest BCUT2D eigenvalue weighted by atomic mass is 9.98. The van der Waals surface area contributed by atoms with E-state index in [1.165, 1.54) is 19.1 Å². The van der Waals surface area contributed by atoms with Gasteiger partial charge in [0.2, 0.25) is 5.91 Å². The Morgan fingerprint density at radius 1 is 1.23 bits per heavy atom. The predicted molar refractivity (Wildman–Crippen MR) is 109 cm³/mol. The number of amides is 2. The molecule has 0 aromatic carbocycles. The summed E-state index contributed by atoms with van der Waals surface area (Å²) in [6, 6.07) is 0. The zero-order chi connectivity index (χ0) is 22.4. The van der Waals surface area contributed by atoms with Gasteiger partial charge in [-0.15, -0.1) is 0 Å². The molecule has 0 radical (unpaired) electrons. The maximum atomic E-state index is 12.9. The number of rotatable bonds is 7. The number of likely N-dealkylation sites (N-methyl/N-ethyl adjacent to an activating group) is 1. The fourth-order valence-corrected chi connectivity index (χ4v) is 3.74. The third-order valence-corrected chi connectivity index (χ3v) is 5.40. The third kappa shape index (κ3) is 5.01. The Kier molecular flexibility index (Phi) is 8.02. The maximum absolute atomic E-state index is 12.9. The molecule has 1 fully saturated rings. The molecule has 1 N–H and O–H groups in total. The van der Waals surface area contributed by atoms with Gasteiger partial charge in [-0.25, -0.2) is 4.79 Å². The van der Waals surface area contributed by atoms with E-state index in [-0.39, 0.29) is 35.9 Å². The van der Waals surface area contributed by atoms with Crippen molar-refractivity contribution in [2.45, 2.75) is 40.0 Å². The smallest absolute Gasteiger partial charge is 0.339 e. The second kappa shape index (κ2) is 10.3. The highest BCUT2D eigenvalue weighted by Crippen LogP contribution is 2.22. The molecule has 2 rings (SSSR count). The standard InChI is InChI=1S/C21H31N3O6/c1-6-15-17(21(28)29-5)13(3)18(22-15)19(26)23(4)12-16(25)24-10-8-9-14(11-24)20(27)30-7-2/h14,22H,6-12H2,1-5H3. The van der Waals surface area contributed by atoms with Gasteiger partial charge in [0.15, 0.2) is 0 Å². The van der Waals surface area contributed by atoms with E-state index in [0.29, 0.717) is 55.8 Å². The molecule has 1 unspecified atom stereocenters. The molecule has 0 aliphatic carbocycles. The average molecular weight is 421 g/mol. The quantitative estimate of drug-likeness (QED) is 0.669. The van der Waals surface area contributed by atoms with E-state index in [0.717, 1.165) is 0 Å². The topological polar surface area (TPSA) is 109 Å². The molecule has 1 atom stereocenters. The van der Waals surface area contributed by atoms with Crippen molar-refractivity contribution >= 4 is 23.8 Å². The molecule has 1 aromatic rings. The van der Waals surface area contributed by atoms with E-state index in [1.807, 2.05) is 6.92 Å². The van der Waals surface area contributed by atoms with Crippen LogP contribution in [0.25, 0.3) is 0 Å². The van der Waals surface area contributed by atoms with E-state index >= 15 is 0 Å². The normalized spacial score (nSPS) is 16.2. The van der Waals surface area contributed by atoms with Crippen LogP contribution in [0.2, 0.25) is 0 Å². The minimum Gasteiger partial charge on any atom is -0.466 e.